The van der Waals surface area contributed by atoms with Crippen molar-refractivity contribution in [2.45, 2.75) is 42.1 Å². The van der Waals surface area contributed by atoms with Gasteiger partial charge in [0.15, 0.2) is 15.1 Å². The molecular weight excluding hydrogens is 466 g/mol. The van der Waals surface area contributed by atoms with Gasteiger partial charge in [-0.05, 0) is 43.7 Å². The zero-order valence-corrected chi connectivity index (χ0v) is 18.2. The summed E-state index contributed by atoms with van der Waals surface area (Å²) in [7, 11) is -4.30. The number of carbonyl (C=O) groups is 1. The highest BCUT2D eigenvalue weighted by Gasteiger charge is 2.54. The van der Waals surface area contributed by atoms with E-state index in [0.29, 0.717) is 21.9 Å². The van der Waals surface area contributed by atoms with Crippen LogP contribution in [0.1, 0.15) is 36.7 Å². The van der Waals surface area contributed by atoms with Gasteiger partial charge in [0.1, 0.15) is 11.6 Å². The van der Waals surface area contributed by atoms with E-state index in [-0.39, 0.29) is 29.2 Å². The predicted octanol–water partition coefficient (Wildman–Crippen LogP) is 4.09. The molecule has 0 amide bonds. The smallest absolute Gasteiger partial charge is 0.387 e. The number of fused-ring (bicyclic) bond motifs is 9. The highest BCUT2D eigenvalue weighted by Crippen LogP contribution is 2.53. The molecule has 2 aliphatic rings. The van der Waals surface area contributed by atoms with E-state index in [9.17, 15) is 22.0 Å². The van der Waals surface area contributed by atoms with Gasteiger partial charge in [0.2, 0.25) is 0 Å². The van der Waals surface area contributed by atoms with E-state index in [2.05, 4.69) is 4.98 Å². The molecule has 0 N–H and O–H groups in total. The van der Waals surface area contributed by atoms with Crippen molar-refractivity contribution in [1.29, 1.82) is 0 Å². The third-order valence-electron chi connectivity index (χ3n) is 5.90. The summed E-state index contributed by atoms with van der Waals surface area (Å²) in [4.78, 5) is 17.3. The highest BCUT2D eigenvalue weighted by atomic mass is 35.5. The second-order valence-electron chi connectivity index (χ2n) is 7.60. The predicted molar refractivity (Wildman–Crippen MR) is 111 cm³/mol. The van der Waals surface area contributed by atoms with Gasteiger partial charge in [0.25, 0.3) is 0 Å². The lowest BCUT2D eigenvalue weighted by molar-refractivity contribution is -0.143. The lowest BCUT2D eigenvalue weighted by Gasteiger charge is -2.24. The van der Waals surface area contributed by atoms with E-state index in [1.165, 1.54) is 18.2 Å². The number of sulfone groups is 1. The number of hydrogen-bond donors (Lipinski definition) is 0. The quantitative estimate of drug-likeness (QED) is 0.521. The summed E-state index contributed by atoms with van der Waals surface area (Å²) in [6, 6.07) is 8.23. The molecule has 1 unspecified atom stereocenters. The van der Waals surface area contributed by atoms with Crippen LogP contribution in [-0.2, 0) is 19.4 Å². The lowest BCUT2D eigenvalue weighted by atomic mass is 9.95. The van der Waals surface area contributed by atoms with Gasteiger partial charge in [-0.1, -0.05) is 17.7 Å². The monoisotopic (exact) mass is 482 g/mol. The minimum absolute atomic E-state index is 0.00554. The van der Waals surface area contributed by atoms with Crippen LogP contribution in [-0.4, -0.2) is 42.4 Å². The number of ether oxygens (including phenoxy) is 2. The number of halogens is 3. The van der Waals surface area contributed by atoms with E-state index in [1.54, 1.807) is 29.7 Å². The Morgan fingerprint density at radius 1 is 1.31 bits per heavy atom. The normalized spacial score (nSPS) is 23.0. The Balaban J connectivity index is 1.86. The fourth-order valence-corrected chi connectivity index (χ4v) is 7.04. The molecule has 168 valence electrons. The Bertz CT molecular complexity index is 1360. The van der Waals surface area contributed by atoms with Gasteiger partial charge in [-0.2, -0.15) is 8.78 Å². The number of aromatic nitrogens is 2. The second-order valence-corrected chi connectivity index (χ2v) is 10.1. The molecule has 0 fully saturated rings. The first-order chi connectivity index (χ1) is 15.2. The SMILES string of the molecule is CCOC(=O)[C@H]1C2C[C@H](c3c(OC(F)F)cccc3S1(=O)=O)n1c2nc2ccc(Cl)cc21. The van der Waals surface area contributed by atoms with Crippen molar-refractivity contribution < 1.29 is 31.5 Å². The summed E-state index contributed by atoms with van der Waals surface area (Å²) in [6.07, 6.45) is 0.157. The van der Waals surface area contributed by atoms with Crippen molar-refractivity contribution in [3.05, 3.63) is 52.8 Å². The van der Waals surface area contributed by atoms with Crippen LogP contribution in [0.5, 0.6) is 5.75 Å². The zero-order chi connectivity index (χ0) is 22.8. The average molecular weight is 483 g/mol. The number of benzene rings is 2. The molecular formula is C21H17ClF2N2O5S. The number of carbonyl (C=O) groups excluding carboxylic acids is 1. The third-order valence-corrected chi connectivity index (χ3v) is 8.29. The Morgan fingerprint density at radius 2 is 2.09 bits per heavy atom. The molecule has 32 heavy (non-hydrogen) atoms. The van der Waals surface area contributed by atoms with Crippen molar-refractivity contribution in [1.82, 2.24) is 9.55 Å². The van der Waals surface area contributed by atoms with Crippen molar-refractivity contribution in [2.24, 2.45) is 0 Å². The summed E-state index contributed by atoms with van der Waals surface area (Å²) in [5.41, 5.74) is 1.23. The molecule has 0 saturated carbocycles. The number of esters is 1. The third kappa shape index (κ3) is 3.00. The van der Waals surface area contributed by atoms with Gasteiger partial charge in [-0.3, -0.25) is 4.79 Å². The minimum Gasteiger partial charge on any atom is -0.465 e. The molecule has 0 spiro atoms. The van der Waals surface area contributed by atoms with Crippen LogP contribution < -0.4 is 4.74 Å². The Morgan fingerprint density at radius 3 is 2.81 bits per heavy atom. The van der Waals surface area contributed by atoms with Crippen LogP contribution in [0.2, 0.25) is 5.02 Å². The summed E-state index contributed by atoms with van der Waals surface area (Å²) < 4.78 is 65.3. The van der Waals surface area contributed by atoms with E-state index in [4.69, 9.17) is 21.1 Å². The van der Waals surface area contributed by atoms with Crippen molar-refractivity contribution >= 4 is 38.4 Å². The second kappa shape index (κ2) is 7.41. The van der Waals surface area contributed by atoms with Crippen LogP contribution in [0.15, 0.2) is 41.3 Å². The van der Waals surface area contributed by atoms with Gasteiger partial charge < -0.3 is 14.0 Å². The van der Waals surface area contributed by atoms with Crippen molar-refractivity contribution in [3.8, 4) is 5.75 Å². The van der Waals surface area contributed by atoms with Crippen molar-refractivity contribution in [2.75, 3.05) is 6.61 Å². The summed E-state index contributed by atoms with van der Waals surface area (Å²) >= 11 is 6.18. The van der Waals surface area contributed by atoms with E-state index in [1.807, 2.05) is 0 Å². The Kier molecular flexibility index (Phi) is 4.90. The first-order valence-electron chi connectivity index (χ1n) is 9.89. The van der Waals surface area contributed by atoms with Crippen molar-refractivity contribution in [3.63, 3.8) is 0 Å². The fraction of sp³-hybridized carbons (Fsp3) is 0.333. The fourth-order valence-electron chi connectivity index (χ4n) is 4.80. The summed E-state index contributed by atoms with van der Waals surface area (Å²) in [6.45, 7) is -1.58. The van der Waals surface area contributed by atoms with Gasteiger partial charge >= 0.3 is 12.6 Å². The van der Waals surface area contributed by atoms with Crippen LogP contribution in [0, 0.1) is 0 Å². The molecule has 11 heteroatoms. The number of nitrogens with zero attached hydrogens (tertiary/aromatic N) is 2. The molecule has 3 atom stereocenters. The standard InChI is InChI=1S/C21H17ClF2N2O5S/c1-2-30-20(27)18-11-9-14(26-13-8-10(22)6-7-12(13)25-19(11)26)17-15(31-21(23)24)4-3-5-16(17)32(18,28)29/h3-8,11,14,18,21H,2,9H2,1H3/t11?,14-,18-/m1/s1. The van der Waals surface area contributed by atoms with Crippen LogP contribution in [0.3, 0.4) is 0 Å². The molecule has 0 radical (unpaired) electrons. The van der Waals surface area contributed by atoms with Crippen LogP contribution in [0.25, 0.3) is 11.0 Å². The first-order valence-corrected chi connectivity index (χ1v) is 11.8. The van der Waals surface area contributed by atoms with Crippen LogP contribution in [0.4, 0.5) is 8.78 Å². The summed E-state index contributed by atoms with van der Waals surface area (Å²) in [5, 5.41) is -1.13. The van der Waals surface area contributed by atoms with E-state index in [0.717, 1.165) is 0 Å². The number of alkyl halides is 2. The number of imidazole rings is 1. The number of hydrogen-bond acceptors (Lipinski definition) is 6. The highest BCUT2D eigenvalue weighted by molar-refractivity contribution is 7.93. The Labute approximate surface area is 186 Å². The topological polar surface area (TPSA) is 87.5 Å². The van der Waals surface area contributed by atoms with Gasteiger partial charge in [-0.25, -0.2) is 13.4 Å². The zero-order valence-electron chi connectivity index (χ0n) is 16.7. The van der Waals surface area contributed by atoms with E-state index < -0.39 is 39.6 Å². The molecule has 0 aliphatic carbocycles. The Hall–Kier alpha value is -2.72. The molecule has 1 aromatic heterocycles. The molecule has 3 aromatic rings. The maximum atomic E-state index is 13.6. The average Bonchev–Trinajstić information content (AvgIpc) is 3.22. The maximum absolute atomic E-state index is 13.6. The molecule has 5 rings (SSSR count). The molecule has 3 heterocycles. The molecule has 0 saturated heterocycles. The van der Waals surface area contributed by atoms with Crippen LogP contribution >= 0.6 is 11.6 Å². The van der Waals surface area contributed by atoms with Gasteiger partial charge in [0, 0.05) is 16.5 Å². The largest absolute Gasteiger partial charge is 0.465 e. The summed E-state index contributed by atoms with van der Waals surface area (Å²) in [5.74, 6) is -1.62. The first kappa shape index (κ1) is 21.1. The van der Waals surface area contributed by atoms with E-state index >= 15 is 0 Å². The number of rotatable bonds is 4. The van der Waals surface area contributed by atoms with Gasteiger partial charge in [-0.15, -0.1) is 0 Å². The lowest BCUT2D eigenvalue weighted by Crippen LogP contribution is -2.37. The molecule has 2 bridgehead atoms. The minimum atomic E-state index is -4.30. The molecule has 2 aliphatic heterocycles. The molecule has 2 aromatic carbocycles. The molecule has 7 nitrogen and oxygen atoms in total. The maximum Gasteiger partial charge on any atom is 0.387 e. The van der Waals surface area contributed by atoms with Gasteiger partial charge in [0.05, 0.1) is 28.6 Å².